The van der Waals surface area contributed by atoms with Crippen molar-refractivity contribution in [2.45, 2.75) is 13.0 Å². The molecule has 92 valence electrons. The highest BCUT2D eigenvalue weighted by Gasteiger charge is 2.27. The monoisotopic (exact) mass is 236 g/mol. The molecule has 0 saturated carbocycles. The molecule has 3 N–H and O–H groups in total. The van der Waals surface area contributed by atoms with Gasteiger partial charge in [-0.2, -0.15) is 0 Å². The van der Waals surface area contributed by atoms with E-state index in [1.807, 2.05) is 6.92 Å². The van der Waals surface area contributed by atoms with Crippen LogP contribution in [0.2, 0.25) is 0 Å². The number of carbonyl (C=O) groups is 1. The number of carbonyl (C=O) groups excluding carboxylic acids is 1. The summed E-state index contributed by atoms with van der Waals surface area (Å²) in [6, 6.07) is 4.36. The lowest BCUT2D eigenvalue weighted by Crippen LogP contribution is -2.52. The van der Waals surface area contributed by atoms with Gasteiger partial charge in [-0.1, -0.05) is 6.07 Å². The third-order valence-corrected chi connectivity index (χ3v) is 3.00. The molecule has 0 spiro atoms. The number of piperazine rings is 1. The molecule has 0 aromatic heterocycles. The highest BCUT2D eigenvalue weighted by atomic mass is 16.3. The molecule has 0 radical (unpaired) electrons. The van der Waals surface area contributed by atoms with Gasteiger partial charge < -0.3 is 20.4 Å². The maximum absolute atomic E-state index is 12.2. The summed E-state index contributed by atoms with van der Waals surface area (Å²) < 4.78 is 0. The van der Waals surface area contributed by atoms with Crippen LogP contribution in [0.5, 0.6) is 11.5 Å². The standard InChI is InChI=1S/C12H16N2O3/c1-8-7-13-5-6-14(8)12(17)11-9(15)3-2-4-10(11)16/h2-4,8,13,15-16H,5-7H2,1H3/t8-/m0/s1. The van der Waals surface area contributed by atoms with Crippen LogP contribution in [0, 0.1) is 0 Å². The number of amides is 1. The van der Waals surface area contributed by atoms with Gasteiger partial charge in [0.15, 0.2) is 0 Å². The van der Waals surface area contributed by atoms with Crippen molar-refractivity contribution in [2.24, 2.45) is 0 Å². The minimum absolute atomic E-state index is 0.0127. The molecule has 1 aliphatic rings. The van der Waals surface area contributed by atoms with Gasteiger partial charge in [0.05, 0.1) is 0 Å². The smallest absolute Gasteiger partial charge is 0.261 e. The first kappa shape index (κ1) is 11.7. The summed E-state index contributed by atoms with van der Waals surface area (Å²) in [7, 11) is 0. The van der Waals surface area contributed by atoms with Crippen LogP contribution in [-0.2, 0) is 0 Å². The predicted molar refractivity (Wildman–Crippen MR) is 63.1 cm³/mol. The van der Waals surface area contributed by atoms with Gasteiger partial charge in [-0.25, -0.2) is 0 Å². The first-order valence-electron chi connectivity index (χ1n) is 5.64. The SMILES string of the molecule is C[C@H]1CNCCN1C(=O)c1c(O)cccc1O. The third-order valence-electron chi connectivity index (χ3n) is 3.00. The second kappa shape index (κ2) is 4.63. The molecule has 1 aliphatic heterocycles. The molecule has 5 nitrogen and oxygen atoms in total. The van der Waals surface area contributed by atoms with E-state index in [1.165, 1.54) is 18.2 Å². The Hall–Kier alpha value is -1.75. The van der Waals surface area contributed by atoms with Gasteiger partial charge in [0, 0.05) is 25.7 Å². The zero-order valence-corrected chi connectivity index (χ0v) is 9.68. The average Bonchev–Trinajstić information content (AvgIpc) is 2.29. The van der Waals surface area contributed by atoms with Crippen molar-refractivity contribution in [1.82, 2.24) is 10.2 Å². The molecule has 2 rings (SSSR count). The topological polar surface area (TPSA) is 72.8 Å². The van der Waals surface area contributed by atoms with E-state index in [-0.39, 0.29) is 29.0 Å². The molecule has 1 aromatic rings. The van der Waals surface area contributed by atoms with Crippen molar-refractivity contribution < 1.29 is 15.0 Å². The molecule has 0 unspecified atom stereocenters. The van der Waals surface area contributed by atoms with Gasteiger partial charge in [0.1, 0.15) is 17.1 Å². The Labute approximate surface area is 99.7 Å². The van der Waals surface area contributed by atoms with E-state index >= 15 is 0 Å². The van der Waals surface area contributed by atoms with Crippen molar-refractivity contribution in [3.05, 3.63) is 23.8 Å². The Kier molecular flexibility index (Phi) is 3.19. The van der Waals surface area contributed by atoms with E-state index < -0.39 is 0 Å². The van der Waals surface area contributed by atoms with E-state index in [9.17, 15) is 15.0 Å². The van der Waals surface area contributed by atoms with Gasteiger partial charge in [-0.3, -0.25) is 4.79 Å². The van der Waals surface area contributed by atoms with E-state index in [0.29, 0.717) is 6.54 Å². The number of hydrogen-bond donors (Lipinski definition) is 3. The fraction of sp³-hybridized carbons (Fsp3) is 0.417. The number of hydrogen-bond acceptors (Lipinski definition) is 4. The van der Waals surface area contributed by atoms with Crippen molar-refractivity contribution >= 4 is 5.91 Å². The highest BCUT2D eigenvalue weighted by Crippen LogP contribution is 2.28. The van der Waals surface area contributed by atoms with Crippen LogP contribution >= 0.6 is 0 Å². The summed E-state index contributed by atoms with van der Waals surface area (Å²) in [5, 5.41) is 22.5. The number of benzene rings is 1. The van der Waals surface area contributed by atoms with E-state index in [1.54, 1.807) is 4.90 Å². The maximum atomic E-state index is 12.2. The maximum Gasteiger partial charge on any atom is 0.261 e. The van der Waals surface area contributed by atoms with Crippen LogP contribution in [0.4, 0.5) is 0 Å². The second-order valence-corrected chi connectivity index (χ2v) is 4.22. The summed E-state index contributed by atoms with van der Waals surface area (Å²) in [6.45, 7) is 3.96. The number of aromatic hydroxyl groups is 2. The van der Waals surface area contributed by atoms with Crippen molar-refractivity contribution in [1.29, 1.82) is 0 Å². The van der Waals surface area contributed by atoms with Gasteiger partial charge >= 0.3 is 0 Å². The quantitative estimate of drug-likeness (QED) is 0.665. The molecule has 5 heteroatoms. The van der Waals surface area contributed by atoms with Gasteiger partial charge in [-0.05, 0) is 19.1 Å². The molecular weight excluding hydrogens is 220 g/mol. The minimum Gasteiger partial charge on any atom is -0.507 e. The average molecular weight is 236 g/mol. The number of phenolic OH excluding ortho intramolecular Hbond substituents is 2. The molecule has 1 atom stereocenters. The lowest BCUT2D eigenvalue weighted by molar-refractivity contribution is 0.0649. The fourth-order valence-corrected chi connectivity index (χ4v) is 2.03. The minimum atomic E-state index is -0.324. The molecule has 17 heavy (non-hydrogen) atoms. The predicted octanol–water partition coefficient (Wildman–Crippen LogP) is 0.532. The van der Waals surface area contributed by atoms with Crippen LogP contribution in [-0.4, -0.2) is 46.7 Å². The van der Waals surface area contributed by atoms with E-state index in [0.717, 1.165) is 13.1 Å². The largest absolute Gasteiger partial charge is 0.507 e. The van der Waals surface area contributed by atoms with Crippen LogP contribution < -0.4 is 5.32 Å². The summed E-state index contributed by atoms with van der Waals surface area (Å²) in [5.74, 6) is -0.684. The summed E-state index contributed by atoms with van der Waals surface area (Å²) in [4.78, 5) is 13.9. The lowest BCUT2D eigenvalue weighted by Gasteiger charge is -2.34. The molecule has 1 aromatic carbocycles. The van der Waals surface area contributed by atoms with Crippen LogP contribution in [0.3, 0.4) is 0 Å². The van der Waals surface area contributed by atoms with Crippen LogP contribution in [0.25, 0.3) is 0 Å². The van der Waals surface area contributed by atoms with Gasteiger partial charge in [-0.15, -0.1) is 0 Å². The summed E-state index contributed by atoms with van der Waals surface area (Å²) in [5.41, 5.74) is -0.0127. The van der Waals surface area contributed by atoms with Gasteiger partial charge in [0.2, 0.25) is 0 Å². The third kappa shape index (κ3) is 2.19. The number of nitrogens with zero attached hydrogens (tertiary/aromatic N) is 1. The van der Waals surface area contributed by atoms with E-state index in [4.69, 9.17) is 0 Å². The zero-order valence-electron chi connectivity index (χ0n) is 9.68. The summed E-state index contributed by atoms with van der Waals surface area (Å²) >= 11 is 0. The molecule has 1 heterocycles. The second-order valence-electron chi connectivity index (χ2n) is 4.22. The zero-order chi connectivity index (χ0) is 12.4. The summed E-state index contributed by atoms with van der Waals surface area (Å²) in [6.07, 6.45) is 0. The van der Waals surface area contributed by atoms with Crippen LogP contribution in [0.15, 0.2) is 18.2 Å². The Morgan fingerprint density at radius 1 is 1.41 bits per heavy atom. The lowest BCUT2D eigenvalue weighted by atomic mass is 10.1. The molecule has 1 fully saturated rings. The Bertz CT molecular complexity index is 414. The van der Waals surface area contributed by atoms with Crippen molar-refractivity contribution in [3.63, 3.8) is 0 Å². The molecule has 0 aliphatic carbocycles. The Morgan fingerprint density at radius 3 is 2.65 bits per heavy atom. The van der Waals surface area contributed by atoms with Gasteiger partial charge in [0.25, 0.3) is 5.91 Å². The Morgan fingerprint density at radius 2 is 2.06 bits per heavy atom. The number of phenols is 2. The molecule has 0 bridgehead atoms. The van der Waals surface area contributed by atoms with Crippen LogP contribution in [0.1, 0.15) is 17.3 Å². The van der Waals surface area contributed by atoms with Crippen molar-refractivity contribution in [3.8, 4) is 11.5 Å². The normalized spacial score (nSPS) is 20.3. The molecular formula is C12H16N2O3. The molecule has 1 saturated heterocycles. The van der Waals surface area contributed by atoms with Crippen molar-refractivity contribution in [2.75, 3.05) is 19.6 Å². The van der Waals surface area contributed by atoms with E-state index in [2.05, 4.69) is 5.32 Å². The first-order valence-corrected chi connectivity index (χ1v) is 5.64. The highest BCUT2D eigenvalue weighted by molar-refractivity contribution is 5.99. The number of nitrogens with one attached hydrogen (secondary N) is 1. The molecule has 1 amide bonds. The first-order chi connectivity index (χ1) is 8.11. The number of rotatable bonds is 1. The fourth-order valence-electron chi connectivity index (χ4n) is 2.03. The Balaban J connectivity index is 2.30.